The van der Waals surface area contributed by atoms with Crippen LogP contribution in [0.25, 0.3) is 0 Å². The lowest BCUT2D eigenvalue weighted by molar-refractivity contribution is 0.0672. The van der Waals surface area contributed by atoms with E-state index in [1.165, 1.54) is 38.5 Å². The maximum absolute atomic E-state index is 2.48. The Balaban J connectivity index is 2.05. The van der Waals surface area contributed by atoms with E-state index in [0.29, 0.717) is 0 Å². The maximum Gasteiger partial charge on any atom is -0.0358 e. The molecule has 2 saturated carbocycles. The Bertz CT molecular complexity index is 132. The van der Waals surface area contributed by atoms with Gasteiger partial charge in [-0.05, 0) is 36.5 Å². The van der Waals surface area contributed by atoms with Crippen molar-refractivity contribution in [2.24, 2.45) is 23.7 Å². The molecule has 0 amide bonds. The summed E-state index contributed by atoms with van der Waals surface area (Å²) < 4.78 is 0. The fraction of sp³-hybridized carbons (Fsp3) is 1.00. The fourth-order valence-electron chi connectivity index (χ4n) is 3.56. The molecule has 4 atom stereocenters. The predicted octanol–water partition coefficient (Wildman–Crippen LogP) is 3.86. The van der Waals surface area contributed by atoms with Crippen molar-refractivity contribution in [3.05, 3.63) is 0 Å². The molecule has 0 heterocycles. The Labute approximate surface area is 76.7 Å². The Kier molecular flexibility index (Phi) is 2.43. The standard InChI is InChI=1S/C12H22/c1-9-7-8-10(2)12-6-4-3-5-11(9)12/h9-12H,3-8H2,1-2H3/t9-,10+,11?,12?. The first kappa shape index (κ1) is 8.59. The first-order chi connectivity index (χ1) is 5.79. The Morgan fingerprint density at radius 3 is 1.50 bits per heavy atom. The average Bonchev–Trinajstić information content (AvgIpc) is 2.12. The first-order valence-electron chi connectivity index (χ1n) is 5.79. The van der Waals surface area contributed by atoms with Crippen LogP contribution in [0.3, 0.4) is 0 Å². The van der Waals surface area contributed by atoms with Crippen LogP contribution in [0.15, 0.2) is 0 Å². The minimum Gasteiger partial charge on any atom is -0.0622 e. The van der Waals surface area contributed by atoms with Crippen molar-refractivity contribution in [3.8, 4) is 0 Å². The number of rotatable bonds is 0. The summed E-state index contributed by atoms with van der Waals surface area (Å²) in [7, 11) is 0. The molecule has 2 fully saturated rings. The number of hydrogen-bond acceptors (Lipinski definition) is 0. The molecule has 0 aromatic rings. The van der Waals surface area contributed by atoms with E-state index >= 15 is 0 Å². The molecule has 70 valence electrons. The number of hydrogen-bond donors (Lipinski definition) is 0. The van der Waals surface area contributed by atoms with Crippen molar-refractivity contribution in [2.45, 2.75) is 52.4 Å². The molecule has 0 aliphatic heterocycles. The minimum atomic E-state index is 1.03. The Hall–Kier alpha value is 0. The van der Waals surface area contributed by atoms with Crippen molar-refractivity contribution in [1.82, 2.24) is 0 Å². The summed E-state index contributed by atoms with van der Waals surface area (Å²) in [5, 5.41) is 0. The third-order valence-electron chi connectivity index (χ3n) is 4.41. The van der Waals surface area contributed by atoms with Gasteiger partial charge in [-0.15, -0.1) is 0 Å². The molecular weight excluding hydrogens is 144 g/mol. The first-order valence-corrected chi connectivity index (χ1v) is 5.79. The van der Waals surface area contributed by atoms with Gasteiger partial charge >= 0.3 is 0 Å². The lowest BCUT2D eigenvalue weighted by atomic mass is 9.62. The summed E-state index contributed by atoms with van der Waals surface area (Å²) in [4.78, 5) is 0. The van der Waals surface area contributed by atoms with E-state index in [0.717, 1.165) is 23.7 Å². The summed E-state index contributed by atoms with van der Waals surface area (Å²) in [6.45, 7) is 4.96. The average molecular weight is 166 g/mol. The van der Waals surface area contributed by atoms with Crippen LogP contribution in [0.2, 0.25) is 0 Å². The highest BCUT2D eigenvalue weighted by Crippen LogP contribution is 2.46. The van der Waals surface area contributed by atoms with Crippen molar-refractivity contribution >= 4 is 0 Å². The molecule has 12 heavy (non-hydrogen) atoms. The van der Waals surface area contributed by atoms with Crippen LogP contribution < -0.4 is 0 Å². The van der Waals surface area contributed by atoms with Gasteiger partial charge in [-0.1, -0.05) is 39.5 Å². The summed E-state index contributed by atoms with van der Waals surface area (Å²) in [5.41, 5.74) is 0. The highest BCUT2D eigenvalue weighted by Gasteiger charge is 2.36. The van der Waals surface area contributed by atoms with Gasteiger partial charge in [-0.3, -0.25) is 0 Å². The molecule has 0 heteroatoms. The molecule has 2 unspecified atom stereocenters. The molecule has 2 aliphatic rings. The number of fused-ring (bicyclic) bond motifs is 1. The third-order valence-corrected chi connectivity index (χ3v) is 4.41. The molecule has 0 nitrogen and oxygen atoms in total. The second-order valence-corrected chi connectivity index (χ2v) is 5.14. The molecule has 0 saturated heterocycles. The molecule has 0 bridgehead atoms. The van der Waals surface area contributed by atoms with Crippen LogP contribution in [-0.2, 0) is 0 Å². The van der Waals surface area contributed by atoms with Crippen molar-refractivity contribution < 1.29 is 0 Å². The predicted molar refractivity (Wildman–Crippen MR) is 53.0 cm³/mol. The van der Waals surface area contributed by atoms with Crippen molar-refractivity contribution in [2.75, 3.05) is 0 Å². The van der Waals surface area contributed by atoms with Crippen LogP contribution in [-0.4, -0.2) is 0 Å². The van der Waals surface area contributed by atoms with Crippen LogP contribution in [0.4, 0.5) is 0 Å². The SMILES string of the molecule is C[C@@H]1CC[C@H](C)C2CCCCC21. The molecule has 0 radical (unpaired) electrons. The van der Waals surface area contributed by atoms with Crippen LogP contribution >= 0.6 is 0 Å². The van der Waals surface area contributed by atoms with Gasteiger partial charge in [0.2, 0.25) is 0 Å². The van der Waals surface area contributed by atoms with E-state index < -0.39 is 0 Å². The van der Waals surface area contributed by atoms with E-state index in [4.69, 9.17) is 0 Å². The summed E-state index contributed by atoms with van der Waals surface area (Å²) in [6, 6.07) is 0. The monoisotopic (exact) mass is 166 g/mol. The van der Waals surface area contributed by atoms with E-state index in [1.807, 2.05) is 0 Å². The van der Waals surface area contributed by atoms with Gasteiger partial charge in [0.05, 0.1) is 0 Å². The normalized spacial score (nSPS) is 48.5. The third kappa shape index (κ3) is 1.41. The van der Waals surface area contributed by atoms with Gasteiger partial charge in [0.1, 0.15) is 0 Å². The molecule has 0 spiro atoms. The molecule has 0 aromatic heterocycles. The van der Waals surface area contributed by atoms with Crippen molar-refractivity contribution in [1.29, 1.82) is 0 Å². The summed E-state index contributed by atoms with van der Waals surface area (Å²) in [5.74, 6) is 4.27. The largest absolute Gasteiger partial charge is 0.0622 e. The van der Waals surface area contributed by atoms with Gasteiger partial charge in [0.15, 0.2) is 0 Å². The van der Waals surface area contributed by atoms with Crippen molar-refractivity contribution in [3.63, 3.8) is 0 Å². The highest BCUT2D eigenvalue weighted by molar-refractivity contribution is 4.86. The topological polar surface area (TPSA) is 0 Å². The maximum atomic E-state index is 2.48. The molecule has 2 rings (SSSR count). The smallest absolute Gasteiger partial charge is 0.0358 e. The van der Waals surface area contributed by atoms with Gasteiger partial charge in [-0.25, -0.2) is 0 Å². The van der Waals surface area contributed by atoms with Crippen LogP contribution in [0.5, 0.6) is 0 Å². The fourth-order valence-corrected chi connectivity index (χ4v) is 3.56. The summed E-state index contributed by atoms with van der Waals surface area (Å²) >= 11 is 0. The molecular formula is C12H22. The molecule has 2 aliphatic carbocycles. The van der Waals surface area contributed by atoms with E-state index in [-0.39, 0.29) is 0 Å². The van der Waals surface area contributed by atoms with Gasteiger partial charge in [-0.2, -0.15) is 0 Å². The minimum absolute atomic E-state index is 1.03. The van der Waals surface area contributed by atoms with Gasteiger partial charge < -0.3 is 0 Å². The van der Waals surface area contributed by atoms with Crippen LogP contribution in [0, 0.1) is 23.7 Å². The van der Waals surface area contributed by atoms with E-state index in [9.17, 15) is 0 Å². The lowest BCUT2D eigenvalue weighted by Gasteiger charge is -2.43. The van der Waals surface area contributed by atoms with E-state index in [2.05, 4.69) is 13.8 Å². The highest BCUT2D eigenvalue weighted by atomic mass is 14.4. The van der Waals surface area contributed by atoms with Gasteiger partial charge in [0.25, 0.3) is 0 Å². The van der Waals surface area contributed by atoms with Gasteiger partial charge in [0, 0.05) is 0 Å². The molecule has 0 aromatic carbocycles. The zero-order chi connectivity index (χ0) is 8.55. The summed E-state index contributed by atoms with van der Waals surface area (Å²) in [6.07, 6.45) is 9.10. The Morgan fingerprint density at radius 2 is 1.08 bits per heavy atom. The zero-order valence-corrected chi connectivity index (χ0v) is 8.55. The lowest BCUT2D eigenvalue weighted by Crippen LogP contribution is -2.34. The second kappa shape index (κ2) is 3.40. The quantitative estimate of drug-likeness (QED) is 0.512. The zero-order valence-electron chi connectivity index (χ0n) is 8.55. The van der Waals surface area contributed by atoms with Crippen LogP contribution in [0.1, 0.15) is 52.4 Å². The van der Waals surface area contributed by atoms with E-state index in [1.54, 1.807) is 0 Å². The second-order valence-electron chi connectivity index (χ2n) is 5.14. The Morgan fingerprint density at radius 1 is 0.667 bits per heavy atom. The molecule has 0 N–H and O–H groups in total.